The van der Waals surface area contributed by atoms with E-state index in [9.17, 15) is 0 Å². The molecule has 0 fully saturated rings. The van der Waals surface area contributed by atoms with Crippen LogP contribution >= 0.6 is 0 Å². The Labute approximate surface area is 81.9 Å². The Balaban J connectivity index is 0. The molecule has 0 spiro atoms. The first-order valence-electron chi connectivity index (χ1n) is 4.50. The second-order valence-electron chi connectivity index (χ2n) is 3.08. The van der Waals surface area contributed by atoms with Gasteiger partial charge in [-0.1, -0.05) is 6.08 Å². The van der Waals surface area contributed by atoms with Crippen LogP contribution in [0.25, 0.3) is 0 Å². The minimum Gasteiger partial charge on any atom is -0.402 e. The molecule has 3 nitrogen and oxygen atoms in total. The SMILES string of the molecule is C=CC.CC(C)OB(O)OC(C)C. The maximum absolute atomic E-state index is 8.95. The summed E-state index contributed by atoms with van der Waals surface area (Å²) in [5, 5.41) is 8.95. The summed E-state index contributed by atoms with van der Waals surface area (Å²) >= 11 is 0. The van der Waals surface area contributed by atoms with Crippen molar-refractivity contribution in [2.75, 3.05) is 0 Å². The first-order valence-corrected chi connectivity index (χ1v) is 4.50. The van der Waals surface area contributed by atoms with Crippen LogP contribution in [-0.4, -0.2) is 24.6 Å². The molecule has 0 aromatic rings. The quantitative estimate of drug-likeness (QED) is 0.541. The van der Waals surface area contributed by atoms with Gasteiger partial charge in [-0.25, -0.2) is 0 Å². The standard InChI is InChI=1S/C6H15BO3.C3H6/c1-5(2)9-7(8)10-6(3)4;1-3-2/h5-6,8H,1-4H3;3H,1H2,2H3. The van der Waals surface area contributed by atoms with Crippen LogP contribution in [0.3, 0.4) is 0 Å². The summed E-state index contributed by atoms with van der Waals surface area (Å²) < 4.78 is 9.79. The predicted octanol–water partition coefficient (Wildman–Crippen LogP) is 2.01. The zero-order chi connectivity index (χ0) is 10.9. The first kappa shape index (κ1) is 15.2. The summed E-state index contributed by atoms with van der Waals surface area (Å²) in [4.78, 5) is 0. The minimum atomic E-state index is -1.08. The molecule has 0 aromatic carbocycles. The van der Waals surface area contributed by atoms with E-state index in [0.717, 1.165) is 0 Å². The molecule has 0 atom stereocenters. The van der Waals surface area contributed by atoms with Crippen molar-refractivity contribution in [3.63, 3.8) is 0 Å². The smallest absolute Gasteiger partial charge is 0.402 e. The zero-order valence-electron chi connectivity index (χ0n) is 9.28. The molecule has 0 rings (SSSR count). The van der Waals surface area contributed by atoms with Crippen LogP contribution in [0, 0.1) is 0 Å². The average molecular weight is 188 g/mol. The van der Waals surface area contributed by atoms with Gasteiger partial charge >= 0.3 is 7.32 Å². The fraction of sp³-hybridized carbons (Fsp3) is 0.778. The lowest BCUT2D eigenvalue weighted by Crippen LogP contribution is -2.29. The number of allylic oxidation sites excluding steroid dienone is 1. The lowest BCUT2D eigenvalue weighted by Gasteiger charge is -2.13. The third-order valence-corrected chi connectivity index (χ3v) is 0.777. The highest BCUT2D eigenvalue weighted by atomic mass is 16.7. The van der Waals surface area contributed by atoms with Gasteiger partial charge < -0.3 is 14.3 Å². The number of hydrogen-bond acceptors (Lipinski definition) is 3. The second kappa shape index (κ2) is 9.77. The van der Waals surface area contributed by atoms with E-state index >= 15 is 0 Å². The molecule has 0 bridgehead atoms. The van der Waals surface area contributed by atoms with Gasteiger partial charge in [-0.3, -0.25) is 0 Å². The maximum atomic E-state index is 8.95. The van der Waals surface area contributed by atoms with E-state index in [2.05, 4.69) is 6.58 Å². The normalized spacial score (nSPS) is 9.54. The van der Waals surface area contributed by atoms with Crippen LogP contribution in [0.1, 0.15) is 34.6 Å². The second-order valence-corrected chi connectivity index (χ2v) is 3.08. The van der Waals surface area contributed by atoms with Gasteiger partial charge in [0.25, 0.3) is 0 Å². The van der Waals surface area contributed by atoms with E-state index in [4.69, 9.17) is 14.3 Å². The molecule has 0 radical (unpaired) electrons. The summed E-state index contributed by atoms with van der Waals surface area (Å²) in [6.07, 6.45) is 1.74. The predicted molar refractivity (Wildman–Crippen MR) is 56.3 cm³/mol. The largest absolute Gasteiger partial charge is 0.637 e. The van der Waals surface area contributed by atoms with Crippen molar-refractivity contribution in [2.24, 2.45) is 0 Å². The molecule has 0 unspecified atom stereocenters. The molecular weight excluding hydrogens is 167 g/mol. The minimum absolute atomic E-state index is 0.00579. The lowest BCUT2D eigenvalue weighted by molar-refractivity contribution is 0.0790. The number of hydrogen-bond donors (Lipinski definition) is 1. The van der Waals surface area contributed by atoms with Gasteiger partial charge in [-0.15, -0.1) is 6.58 Å². The summed E-state index contributed by atoms with van der Waals surface area (Å²) in [6, 6.07) is 0. The van der Waals surface area contributed by atoms with Crippen LogP contribution in [-0.2, 0) is 9.31 Å². The Kier molecular flexibility index (Phi) is 11.4. The van der Waals surface area contributed by atoms with Crippen molar-refractivity contribution in [3.05, 3.63) is 12.7 Å². The summed E-state index contributed by atoms with van der Waals surface area (Å²) in [6.45, 7) is 12.6. The highest BCUT2D eigenvalue weighted by Crippen LogP contribution is 1.96. The highest BCUT2D eigenvalue weighted by molar-refractivity contribution is 6.34. The van der Waals surface area contributed by atoms with Gasteiger partial charge in [0.1, 0.15) is 0 Å². The Morgan fingerprint density at radius 3 is 1.54 bits per heavy atom. The Morgan fingerprint density at radius 2 is 1.38 bits per heavy atom. The third kappa shape index (κ3) is 18.6. The maximum Gasteiger partial charge on any atom is 0.637 e. The van der Waals surface area contributed by atoms with Crippen molar-refractivity contribution in [1.82, 2.24) is 0 Å². The molecule has 0 aliphatic heterocycles. The van der Waals surface area contributed by atoms with E-state index in [1.54, 1.807) is 6.08 Å². The van der Waals surface area contributed by atoms with E-state index in [-0.39, 0.29) is 12.2 Å². The van der Waals surface area contributed by atoms with Crippen molar-refractivity contribution in [2.45, 2.75) is 46.8 Å². The molecule has 0 saturated carbocycles. The lowest BCUT2D eigenvalue weighted by atomic mass is 10.2. The van der Waals surface area contributed by atoms with Gasteiger partial charge in [-0.05, 0) is 34.6 Å². The van der Waals surface area contributed by atoms with E-state index < -0.39 is 7.32 Å². The number of rotatable bonds is 4. The monoisotopic (exact) mass is 188 g/mol. The third-order valence-electron chi connectivity index (χ3n) is 0.777. The van der Waals surface area contributed by atoms with E-state index in [1.807, 2.05) is 34.6 Å². The van der Waals surface area contributed by atoms with Crippen LogP contribution in [0.2, 0.25) is 0 Å². The molecule has 0 saturated heterocycles. The van der Waals surface area contributed by atoms with Crippen molar-refractivity contribution >= 4 is 7.32 Å². The molecule has 78 valence electrons. The van der Waals surface area contributed by atoms with Gasteiger partial charge in [0.2, 0.25) is 0 Å². The Bertz CT molecular complexity index is 105. The van der Waals surface area contributed by atoms with Gasteiger partial charge in [0.05, 0.1) is 0 Å². The van der Waals surface area contributed by atoms with Crippen molar-refractivity contribution in [3.8, 4) is 0 Å². The molecule has 1 N–H and O–H groups in total. The molecule has 0 aliphatic rings. The fourth-order valence-corrected chi connectivity index (χ4v) is 0.498. The Morgan fingerprint density at radius 1 is 1.15 bits per heavy atom. The molecular formula is C9H21BO3. The summed E-state index contributed by atoms with van der Waals surface area (Å²) in [5.41, 5.74) is 0. The average Bonchev–Trinajstić information content (AvgIpc) is 1.83. The van der Waals surface area contributed by atoms with Crippen molar-refractivity contribution < 1.29 is 14.3 Å². The highest BCUT2D eigenvalue weighted by Gasteiger charge is 2.18. The van der Waals surface area contributed by atoms with Gasteiger partial charge in [0, 0.05) is 12.2 Å². The topological polar surface area (TPSA) is 38.7 Å². The van der Waals surface area contributed by atoms with Crippen LogP contribution in [0.15, 0.2) is 12.7 Å². The molecule has 13 heavy (non-hydrogen) atoms. The fourth-order valence-electron chi connectivity index (χ4n) is 0.498. The molecule has 0 amide bonds. The van der Waals surface area contributed by atoms with Crippen LogP contribution < -0.4 is 0 Å². The Hall–Kier alpha value is -0.315. The molecule has 0 heterocycles. The molecule has 4 heteroatoms. The molecule has 0 aliphatic carbocycles. The van der Waals surface area contributed by atoms with Crippen LogP contribution in [0.5, 0.6) is 0 Å². The summed E-state index contributed by atoms with van der Waals surface area (Å²) in [5.74, 6) is 0. The van der Waals surface area contributed by atoms with Crippen LogP contribution in [0.4, 0.5) is 0 Å². The first-order chi connectivity index (χ1) is 5.93. The van der Waals surface area contributed by atoms with E-state index in [0.29, 0.717) is 0 Å². The molecule has 0 aromatic heterocycles. The van der Waals surface area contributed by atoms with E-state index in [1.165, 1.54) is 0 Å². The van der Waals surface area contributed by atoms with Gasteiger partial charge in [0.15, 0.2) is 0 Å². The summed E-state index contributed by atoms with van der Waals surface area (Å²) in [7, 11) is -1.08. The van der Waals surface area contributed by atoms with Gasteiger partial charge in [-0.2, -0.15) is 0 Å². The van der Waals surface area contributed by atoms with Crippen molar-refractivity contribution in [1.29, 1.82) is 0 Å². The zero-order valence-corrected chi connectivity index (χ0v) is 9.28.